The Morgan fingerprint density at radius 2 is 1.88 bits per heavy atom. The first-order chi connectivity index (χ1) is 7.68. The normalized spacial score (nSPS) is 10.1. The highest BCUT2D eigenvalue weighted by molar-refractivity contribution is 6.09. The second-order valence-electron chi connectivity index (χ2n) is 3.64. The average Bonchev–Trinajstić information content (AvgIpc) is 2.30. The van der Waals surface area contributed by atoms with Crippen LogP contribution in [0.1, 0.15) is 21.5 Å². The fourth-order valence-corrected chi connectivity index (χ4v) is 1.49. The third-order valence-electron chi connectivity index (χ3n) is 2.46. The number of pyridine rings is 1. The Hall–Kier alpha value is -2.16. The van der Waals surface area contributed by atoms with E-state index in [1.165, 1.54) is 0 Å². The van der Waals surface area contributed by atoms with Gasteiger partial charge in [0.1, 0.15) is 0 Å². The molecule has 0 unspecified atom stereocenters. The van der Waals surface area contributed by atoms with Gasteiger partial charge in [-0.15, -0.1) is 0 Å². The molecule has 0 atom stereocenters. The second kappa shape index (κ2) is 4.14. The van der Waals surface area contributed by atoms with Crippen molar-refractivity contribution in [2.24, 2.45) is 0 Å². The summed E-state index contributed by atoms with van der Waals surface area (Å²) in [5.41, 5.74) is 8.41. The van der Waals surface area contributed by atoms with E-state index in [4.69, 9.17) is 5.73 Å². The molecule has 0 fully saturated rings. The van der Waals surface area contributed by atoms with E-state index in [0.717, 1.165) is 5.56 Å². The number of ketones is 1. The molecule has 0 aliphatic carbocycles. The summed E-state index contributed by atoms with van der Waals surface area (Å²) in [5, 5.41) is 0. The van der Waals surface area contributed by atoms with Crippen molar-refractivity contribution in [3.05, 3.63) is 59.4 Å². The van der Waals surface area contributed by atoms with Gasteiger partial charge in [-0.2, -0.15) is 0 Å². The summed E-state index contributed by atoms with van der Waals surface area (Å²) in [5.74, 6) is -0.0226. The van der Waals surface area contributed by atoms with Crippen LogP contribution in [0.4, 0.5) is 5.69 Å². The van der Waals surface area contributed by atoms with Crippen LogP contribution in [-0.2, 0) is 0 Å². The van der Waals surface area contributed by atoms with Gasteiger partial charge in [-0.25, -0.2) is 0 Å². The Morgan fingerprint density at radius 3 is 2.50 bits per heavy atom. The lowest BCUT2D eigenvalue weighted by Gasteiger charge is -2.04. The number of benzene rings is 1. The molecule has 3 heteroatoms. The second-order valence-corrected chi connectivity index (χ2v) is 3.64. The molecular formula is C13H12N2O. The Bertz CT molecular complexity index is 518. The van der Waals surface area contributed by atoms with Gasteiger partial charge in [0.05, 0.1) is 0 Å². The van der Waals surface area contributed by atoms with Crippen LogP contribution in [-0.4, -0.2) is 10.8 Å². The zero-order valence-corrected chi connectivity index (χ0v) is 8.97. The molecule has 2 aromatic rings. The van der Waals surface area contributed by atoms with Gasteiger partial charge in [0.25, 0.3) is 0 Å². The number of nitrogens with two attached hydrogens (primary N) is 1. The fourth-order valence-electron chi connectivity index (χ4n) is 1.49. The summed E-state index contributed by atoms with van der Waals surface area (Å²) in [6.45, 7) is 1.90. The molecule has 2 rings (SSSR count). The molecule has 1 heterocycles. The fraction of sp³-hybridized carbons (Fsp3) is 0.0769. The van der Waals surface area contributed by atoms with Gasteiger partial charge in [0.15, 0.2) is 5.78 Å². The van der Waals surface area contributed by atoms with Gasteiger partial charge in [0.2, 0.25) is 0 Å². The van der Waals surface area contributed by atoms with E-state index in [1.54, 1.807) is 36.7 Å². The van der Waals surface area contributed by atoms with Crippen molar-refractivity contribution in [2.45, 2.75) is 6.92 Å². The van der Waals surface area contributed by atoms with Gasteiger partial charge in [-0.05, 0) is 42.8 Å². The van der Waals surface area contributed by atoms with Crippen LogP contribution in [0.2, 0.25) is 0 Å². The van der Waals surface area contributed by atoms with Crippen molar-refractivity contribution in [3.8, 4) is 0 Å². The third kappa shape index (κ3) is 1.93. The van der Waals surface area contributed by atoms with Gasteiger partial charge in [-0.3, -0.25) is 9.78 Å². The number of hydrogen-bond acceptors (Lipinski definition) is 3. The molecule has 0 saturated heterocycles. The lowest BCUT2D eigenvalue weighted by molar-refractivity contribution is 0.103. The third-order valence-corrected chi connectivity index (χ3v) is 2.46. The van der Waals surface area contributed by atoms with Gasteiger partial charge >= 0.3 is 0 Å². The van der Waals surface area contributed by atoms with E-state index >= 15 is 0 Å². The summed E-state index contributed by atoms with van der Waals surface area (Å²) in [4.78, 5) is 16.1. The maximum Gasteiger partial charge on any atom is 0.194 e. The molecule has 0 aliphatic rings. The van der Waals surface area contributed by atoms with E-state index in [2.05, 4.69) is 4.98 Å². The number of hydrogen-bond donors (Lipinski definition) is 1. The Morgan fingerprint density at radius 1 is 1.19 bits per heavy atom. The number of nitrogen functional groups attached to an aromatic ring is 1. The first kappa shape index (κ1) is 10.4. The first-order valence-corrected chi connectivity index (χ1v) is 4.99. The number of aromatic nitrogens is 1. The van der Waals surface area contributed by atoms with Crippen LogP contribution in [0, 0.1) is 6.92 Å². The van der Waals surface area contributed by atoms with Crippen LogP contribution in [0.5, 0.6) is 0 Å². The summed E-state index contributed by atoms with van der Waals surface area (Å²) in [6, 6.07) is 8.72. The minimum Gasteiger partial charge on any atom is -0.399 e. The number of rotatable bonds is 2. The molecule has 0 spiro atoms. The van der Waals surface area contributed by atoms with Crippen molar-refractivity contribution < 1.29 is 4.79 Å². The maximum atomic E-state index is 12.1. The summed E-state index contributed by atoms with van der Waals surface area (Å²) < 4.78 is 0. The molecular weight excluding hydrogens is 200 g/mol. The highest BCUT2D eigenvalue weighted by Crippen LogP contribution is 2.14. The zero-order chi connectivity index (χ0) is 11.5. The minimum atomic E-state index is -0.0226. The van der Waals surface area contributed by atoms with E-state index in [-0.39, 0.29) is 5.78 Å². The quantitative estimate of drug-likeness (QED) is 0.613. The van der Waals surface area contributed by atoms with Gasteiger partial charge in [0, 0.05) is 29.2 Å². The predicted octanol–water partition coefficient (Wildman–Crippen LogP) is 2.20. The summed E-state index contributed by atoms with van der Waals surface area (Å²) in [7, 11) is 0. The smallest absolute Gasteiger partial charge is 0.194 e. The van der Waals surface area contributed by atoms with Crippen LogP contribution in [0.25, 0.3) is 0 Å². The van der Waals surface area contributed by atoms with E-state index < -0.39 is 0 Å². The Balaban J connectivity index is 2.40. The molecule has 0 amide bonds. The topological polar surface area (TPSA) is 56.0 Å². The lowest BCUT2D eigenvalue weighted by Crippen LogP contribution is -2.04. The van der Waals surface area contributed by atoms with Crippen LogP contribution >= 0.6 is 0 Å². The SMILES string of the molecule is Cc1ccncc1C(=O)c1ccc(N)cc1. The predicted molar refractivity (Wildman–Crippen MR) is 63.3 cm³/mol. The van der Waals surface area contributed by atoms with Crippen LogP contribution < -0.4 is 5.73 Å². The number of nitrogens with zero attached hydrogens (tertiary/aromatic N) is 1. The van der Waals surface area contributed by atoms with E-state index in [1.807, 2.05) is 13.0 Å². The zero-order valence-electron chi connectivity index (χ0n) is 8.97. The van der Waals surface area contributed by atoms with Crippen molar-refractivity contribution >= 4 is 11.5 Å². The van der Waals surface area contributed by atoms with Crippen molar-refractivity contribution in [2.75, 3.05) is 5.73 Å². The molecule has 3 nitrogen and oxygen atoms in total. The molecule has 1 aromatic carbocycles. The number of carbonyl (C=O) groups excluding carboxylic acids is 1. The van der Waals surface area contributed by atoms with Crippen LogP contribution in [0.15, 0.2) is 42.7 Å². The van der Waals surface area contributed by atoms with Crippen molar-refractivity contribution in [3.63, 3.8) is 0 Å². The largest absolute Gasteiger partial charge is 0.399 e. The van der Waals surface area contributed by atoms with Crippen molar-refractivity contribution in [1.29, 1.82) is 0 Å². The summed E-state index contributed by atoms with van der Waals surface area (Å²) >= 11 is 0. The van der Waals surface area contributed by atoms with Gasteiger partial charge < -0.3 is 5.73 Å². The molecule has 2 N–H and O–H groups in total. The first-order valence-electron chi connectivity index (χ1n) is 4.99. The highest BCUT2D eigenvalue weighted by Gasteiger charge is 2.10. The van der Waals surface area contributed by atoms with E-state index in [0.29, 0.717) is 16.8 Å². The minimum absolute atomic E-state index is 0.0226. The van der Waals surface area contributed by atoms with Crippen molar-refractivity contribution in [1.82, 2.24) is 4.98 Å². The van der Waals surface area contributed by atoms with E-state index in [9.17, 15) is 4.79 Å². The molecule has 0 bridgehead atoms. The Labute approximate surface area is 93.9 Å². The molecule has 0 radical (unpaired) electrons. The lowest BCUT2D eigenvalue weighted by atomic mass is 10.0. The monoisotopic (exact) mass is 212 g/mol. The molecule has 1 aromatic heterocycles. The highest BCUT2D eigenvalue weighted by atomic mass is 16.1. The molecule has 0 saturated carbocycles. The van der Waals surface area contributed by atoms with Crippen LogP contribution in [0.3, 0.4) is 0 Å². The number of aryl methyl sites for hydroxylation is 1. The maximum absolute atomic E-state index is 12.1. The standard InChI is InChI=1S/C13H12N2O/c1-9-6-7-15-8-12(9)13(16)10-2-4-11(14)5-3-10/h2-8H,14H2,1H3. The molecule has 0 aliphatic heterocycles. The summed E-state index contributed by atoms with van der Waals surface area (Å²) in [6.07, 6.45) is 3.27. The number of anilines is 1. The number of carbonyl (C=O) groups is 1. The Kier molecular flexibility index (Phi) is 2.68. The molecule has 16 heavy (non-hydrogen) atoms. The average molecular weight is 212 g/mol. The van der Waals surface area contributed by atoms with Gasteiger partial charge in [-0.1, -0.05) is 0 Å². The molecule has 80 valence electrons.